The maximum atomic E-state index is 12.0. The van der Waals surface area contributed by atoms with Gasteiger partial charge in [0.25, 0.3) is 0 Å². The molecule has 1 aromatic carbocycles. The van der Waals surface area contributed by atoms with Crippen LogP contribution in [-0.4, -0.2) is 81.8 Å². The lowest BCUT2D eigenvalue weighted by Crippen LogP contribution is -2.41. The van der Waals surface area contributed by atoms with Crippen LogP contribution in [0.1, 0.15) is 25.3 Å². The van der Waals surface area contributed by atoms with Gasteiger partial charge in [-0.25, -0.2) is 4.99 Å². The number of aliphatic imine (C=N–C) groups is 1. The molecule has 0 saturated carbocycles. The van der Waals surface area contributed by atoms with E-state index in [1.54, 1.807) is 19.0 Å². The van der Waals surface area contributed by atoms with Gasteiger partial charge in [-0.2, -0.15) is 0 Å². The smallest absolute Gasteiger partial charge is 0.243 e. The van der Waals surface area contributed by atoms with Gasteiger partial charge in [0, 0.05) is 52.9 Å². The molecule has 0 bridgehead atoms. The number of carbonyl (C=O) groups is 1. The predicted molar refractivity (Wildman–Crippen MR) is 131 cm³/mol. The molecule has 8 heteroatoms. The van der Waals surface area contributed by atoms with E-state index in [0.29, 0.717) is 12.5 Å². The van der Waals surface area contributed by atoms with Gasteiger partial charge in [-0.3, -0.25) is 4.79 Å². The second kappa shape index (κ2) is 15.4. The Morgan fingerprint density at radius 3 is 2.73 bits per heavy atom. The number of halogens is 1. The molecule has 0 aliphatic carbocycles. The van der Waals surface area contributed by atoms with Gasteiger partial charge in [0.2, 0.25) is 5.91 Å². The average molecular weight is 532 g/mol. The fraction of sp³-hybridized carbons (Fsp3) is 0.636. The lowest BCUT2D eigenvalue weighted by molar-refractivity contribution is -0.127. The summed E-state index contributed by atoms with van der Waals surface area (Å²) >= 11 is 0. The highest BCUT2D eigenvalue weighted by molar-refractivity contribution is 14.0. The van der Waals surface area contributed by atoms with Crippen LogP contribution in [0.25, 0.3) is 0 Å². The predicted octanol–water partition coefficient (Wildman–Crippen LogP) is 2.60. The van der Waals surface area contributed by atoms with E-state index in [1.807, 2.05) is 25.1 Å². The third-order valence-electron chi connectivity index (χ3n) is 4.87. The number of ether oxygens (including phenoxy) is 2. The fourth-order valence-corrected chi connectivity index (χ4v) is 3.15. The van der Waals surface area contributed by atoms with Crippen LogP contribution < -0.4 is 5.32 Å². The zero-order valence-corrected chi connectivity index (χ0v) is 20.8. The first kappa shape index (κ1) is 26.6. The molecule has 1 aromatic rings. The highest BCUT2D eigenvalue weighted by atomic mass is 127. The summed E-state index contributed by atoms with van der Waals surface area (Å²) in [5.41, 5.74) is 1.20. The van der Waals surface area contributed by atoms with E-state index in [0.717, 1.165) is 58.3 Å². The van der Waals surface area contributed by atoms with Crippen molar-refractivity contribution in [2.45, 2.75) is 26.4 Å². The number of hydrogen-bond acceptors (Lipinski definition) is 4. The molecular weight excluding hydrogens is 495 g/mol. The zero-order chi connectivity index (χ0) is 20.9. The first-order valence-corrected chi connectivity index (χ1v) is 10.5. The van der Waals surface area contributed by atoms with Gasteiger partial charge in [-0.05, 0) is 25.3 Å². The van der Waals surface area contributed by atoms with E-state index in [9.17, 15) is 4.79 Å². The zero-order valence-electron chi connectivity index (χ0n) is 18.5. The summed E-state index contributed by atoms with van der Waals surface area (Å²) in [5.74, 6) is 1.28. The number of rotatable bonds is 11. The number of hydrogen-bond donors (Lipinski definition) is 1. The van der Waals surface area contributed by atoms with Gasteiger partial charge < -0.3 is 24.6 Å². The molecule has 1 heterocycles. The Labute approximate surface area is 198 Å². The van der Waals surface area contributed by atoms with Crippen molar-refractivity contribution in [3.05, 3.63) is 35.9 Å². The molecule has 7 nitrogen and oxygen atoms in total. The summed E-state index contributed by atoms with van der Waals surface area (Å²) in [6, 6.07) is 10.2. The van der Waals surface area contributed by atoms with Crippen molar-refractivity contribution in [1.29, 1.82) is 0 Å². The van der Waals surface area contributed by atoms with E-state index in [-0.39, 0.29) is 36.4 Å². The Kier molecular flexibility index (Phi) is 13.7. The molecule has 1 amide bonds. The molecule has 1 saturated heterocycles. The highest BCUT2D eigenvalue weighted by Gasteiger charge is 2.25. The Morgan fingerprint density at radius 2 is 2.03 bits per heavy atom. The van der Waals surface area contributed by atoms with Crippen LogP contribution in [-0.2, 0) is 20.9 Å². The van der Waals surface area contributed by atoms with Crippen LogP contribution in [0.3, 0.4) is 0 Å². The number of likely N-dealkylation sites (tertiary alicyclic amines) is 1. The van der Waals surface area contributed by atoms with Crippen molar-refractivity contribution in [3.63, 3.8) is 0 Å². The number of guanidine groups is 1. The molecule has 1 aliphatic heterocycles. The quantitative estimate of drug-likeness (QED) is 0.206. The van der Waals surface area contributed by atoms with Crippen molar-refractivity contribution >= 4 is 35.8 Å². The first-order chi connectivity index (χ1) is 14.1. The molecule has 170 valence electrons. The third kappa shape index (κ3) is 10.1. The first-order valence-electron chi connectivity index (χ1n) is 10.5. The van der Waals surface area contributed by atoms with Gasteiger partial charge in [0.1, 0.15) is 6.54 Å². The molecule has 1 N–H and O–H groups in total. The number of amides is 1. The summed E-state index contributed by atoms with van der Waals surface area (Å²) in [6.45, 7) is 7.59. The van der Waals surface area contributed by atoms with Crippen molar-refractivity contribution in [2.24, 2.45) is 10.9 Å². The number of likely N-dealkylation sites (N-methyl/N-ethyl adjacent to an activating group) is 1. The molecule has 1 fully saturated rings. The monoisotopic (exact) mass is 532 g/mol. The Morgan fingerprint density at radius 1 is 1.27 bits per heavy atom. The maximum absolute atomic E-state index is 12.0. The second-order valence-corrected chi connectivity index (χ2v) is 7.51. The second-order valence-electron chi connectivity index (χ2n) is 7.51. The SMILES string of the molecule is CCOCCCNC(=NCC(=O)N(C)C)N1CCC(COCc2ccccc2)C1.I. The summed E-state index contributed by atoms with van der Waals surface area (Å²) in [6.07, 6.45) is 1.97. The van der Waals surface area contributed by atoms with Gasteiger partial charge >= 0.3 is 0 Å². The lowest BCUT2D eigenvalue weighted by atomic mass is 10.1. The number of nitrogens with one attached hydrogen (secondary N) is 1. The summed E-state index contributed by atoms with van der Waals surface area (Å²) in [5, 5.41) is 3.40. The molecular formula is C22H37IN4O3. The van der Waals surface area contributed by atoms with E-state index in [2.05, 4.69) is 27.3 Å². The minimum Gasteiger partial charge on any atom is -0.382 e. The molecule has 2 rings (SSSR count). The Hall–Kier alpha value is -1.39. The van der Waals surface area contributed by atoms with Gasteiger partial charge in [0.05, 0.1) is 13.2 Å². The number of benzene rings is 1. The van der Waals surface area contributed by atoms with E-state index in [4.69, 9.17) is 9.47 Å². The van der Waals surface area contributed by atoms with Crippen molar-refractivity contribution in [3.8, 4) is 0 Å². The highest BCUT2D eigenvalue weighted by Crippen LogP contribution is 2.17. The molecule has 1 atom stereocenters. The van der Waals surface area contributed by atoms with E-state index < -0.39 is 0 Å². The number of carbonyl (C=O) groups excluding carboxylic acids is 1. The van der Waals surface area contributed by atoms with E-state index in [1.165, 1.54) is 5.56 Å². The van der Waals surface area contributed by atoms with Crippen LogP contribution >= 0.6 is 24.0 Å². The molecule has 1 aliphatic rings. The fourth-order valence-electron chi connectivity index (χ4n) is 3.15. The average Bonchev–Trinajstić information content (AvgIpc) is 3.19. The van der Waals surface area contributed by atoms with E-state index >= 15 is 0 Å². The van der Waals surface area contributed by atoms with Crippen molar-refractivity contribution in [2.75, 3.05) is 60.1 Å². The van der Waals surface area contributed by atoms with Crippen molar-refractivity contribution < 1.29 is 14.3 Å². The standard InChI is InChI=1S/C22H36N4O3.HI/c1-4-28-14-8-12-23-22(24-15-21(27)25(2)3)26-13-11-20(16-26)18-29-17-19-9-6-5-7-10-19;/h5-7,9-10,20H,4,8,11-18H2,1-3H3,(H,23,24);1H. The van der Waals surface area contributed by atoms with Crippen LogP contribution in [0.15, 0.2) is 35.3 Å². The maximum Gasteiger partial charge on any atom is 0.243 e. The minimum absolute atomic E-state index is 0. The van der Waals surface area contributed by atoms with Crippen molar-refractivity contribution in [1.82, 2.24) is 15.1 Å². The minimum atomic E-state index is 0. The molecule has 30 heavy (non-hydrogen) atoms. The Balaban J connectivity index is 0.00000450. The molecule has 0 aromatic heterocycles. The van der Waals surface area contributed by atoms with Crippen LogP contribution in [0.2, 0.25) is 0 Å². The Bertz CT molecular complexity index is 628. The van der Waals surface area contributed by atoms with Crippen LogP contribution in [0.5, 0.6) is 0 Å². The lowest BCUT2D eigenvalue weighted by Gasteiger charge is -2.22. The summed E-state index contributed by atoms with van der Waals surface area (Å²) in [7, 11) is 3.51. The summed E-state index contributed by atoms with van der Waals surface area (Å²) < 4.78 is 11.3. The summed E-state index contributed by atoms with van der Waals surface area (Å²) in [4.78, 5) is 20.3. The van der Waals surface area contributed by atoms with Gasteiger partial charge in [-0.15, -0.1) is 24.0 Å². The number of nitrogens with zero attached hydrogens (tertiary/aromatic N) is 3. The molecule has 0 spiro atoms. The normalized spacial score (nSPS) is 16.3. The van der Waals surface area contributed by atoms with Crippen LogP contribution in [0.4, 0.5) is 0 Å². The van der Waals surface area contributed by atoms with Crippen LogP contribution in [0, 0.1) is 5.92 Å². The molecule has 0 radical (unpaired) electrons. The topological polar surface area (TPSA) is 66.4 Å². The van der Waals surface area contributed by atoms with Gasteiger partial charge in [0.15, 0.2) is 5.96 Å². The van der Waals surface area contributed by atoms with Gasteiger partial charge in [-0.1, -0.05) is 30.3 Å². The largest absolute Gasteiger partial charge is 0.382 e. The molecule has 1 unspecified atom stereocenters. The third-order valence-corrected chi connectivity index (χ3v) is 4.87.